The van der Waals surface area contributed by atoms with Crippen LogP contribution < -0.4 is 11.5 Å². The van der Waals surface area contributed by atoms with Gasteiger partial charge in [0.2, 0.25) is 0 Å². The summed E-state index contributed by atoms with van der Waals surface area (Å²) in [5, 5.41) is 8.25. The molecule has 0 spiro atoms. The number of nitrogens with two attached hydrogens (primary N) is 2. The Morgan fingerprint density at radius 3 is 2.19 bits per heavy atom. The topological polar surface area (TPSA) is 179 Å². The van der Waals surface area contributed by atoms with Gasteiger partial charge in [0.05, 0.1) is 6.42 Å². The molecule has 0 aromatic carbocycles. The van der Waals surface area contributed by atoms with Crippen molar-refractivity contribution in [3.63, 3.8) is 0 Å². The molecule has 6 N–H and O–H groups in total. The van der Waals surface area contributed by atoms with Crippen LogP contribution in [0.15, 0.2) is 0 Å². The number of amides is 1. The first-order chi connectivity index (χ1) is 7.14. The molecule has 92 valence electrons. The maximum absolute atomic E-state index is 10.9. The fraction of sp³-hybridized carbons (Fsp3) is 0.400. The molecule has 1 amide bonds. The average Bonchev–Trinajstić information content (AvgIpc) is 1.98. The van der Waals surface area contributed by atoms with Crippen LogP contribution >= 0.6 is 7.82 Å². The van der Waals surface area contributed by atoms with Crippen molar-refractivity contribution in [2.24, 2.45) is 11.5 Å². The SMILES string of the molecule is NC(=O)OP(=O)(O)OC(=O)[C@@H](N)CC(=O)O. The van der Waals surface area contributed by atoms with Crippen LogP contribution in [0.4, 0.5) is 4.79 Å². The van der Waals surface area contributed by atoms with Crippen molar-refractivity contribution in [1.29, 1.82) is 0 Å². The highest BCUT2D eigenvalue weighted by molar-refractivity contribution is 7.48. The van der Waals surface area contributed by atoms with Crippen LogP contribution in [-0.2, 0) is 23.2 Å². The summed E-state index contributed by atoms with van der Waals surface area (Å²) >= 11 is 0. The number of phosphoric ester groups is 1. The van der Waals surface area contributed by atoms with Gasteiger partial charge < -0.3 is 25.6 Å². The van der Waals surface area contributed by atoms with E-state index in [1.54, 1.807) is 0 Å². The van der Waals surface area contributed by atoms with Crippen LogP contribution in [0.2, 0.25) is 0 Å². The minimum atomic E-state index is -5.00. The lowest BCUT2D eigenvalue weighted by Crippen LogP contribution is -2.34. The van der Waals surface area contributed by atoms with E-state index in [0.717, 1.165) is 0 Å². The van der Waals surface area contributed by atoms with Crippen molar-refractivity contribution >= 4 is 25.9 Å². The van der Waals surface area contributed by atoms with Gasteiger partial charge in [-0.05, 0) is 0 Å². The van der Waals surface area contributed by atoms with Gasteiger partial charge in [0.1, 0.15) is 6.04 Å². The summed E-state index contributed by atoms with van der Waals surface area (Å²) in [5.41, 5.74) is 9.40. The molecule has 0 heterocycles. The summed E-state index contributed by atoms with van der Waals surface area (Å²) in [6, 6.07) is -1.66. The molecule has 0 aliphatic carbocycles. The number of aliphatic carboxylic acids is 1. The summed E-state index contributed by atoms with van der Waals surface area (Å²) in [7, 11) is -5.00. The van der Waals surface area contributed by atoms with Crippen LogP contribution in [0, 0.1) is 0 Å². The predicted octanol–water partition coefficient (Wildman–Crippen LogP) is -1.47. The molecule has 10 nitrogen and oxygen atoms in total. The third-order valence-electron chi connectivity index (χ3n) is 1.11. The third-order valence-corrected chi connectivity index (χ3v) is 1.93. The molecule has 11 heteroatoms. The van der Waals surface area contributed by atoms with E-state index in [2.05, 4.69) is 14.8 Å². The van der Waals surface area contributed by atoms with E-state index in [4.69, 9.17) is 15.7 Å². The maximum atomic E-state index is 10.9. The van der Waals surface area contributed by atoms with E-state index in [1.807, 2.05) is 0 Å². The number of rotatable bonds is 5. The van der Waals surface area contributed by atoms with Crippen molar-refractivity contribution < 1.29 is 38.0 Å². The van der Waals surface area contributed by atoms with Crippen molar-refractivity contribution in [2.45, 2.75) is 12.5 Å². The Bertz CT molecular complexity index is 354. The lowest BCUT2D eigenvalue weighted by atomic mass is 10.2. The minimum absolute atomic E-state index is 0.810. The van der Waals surface area contributed by atoms with Crippen molar-refractivity contribution in [3.8, 4) is 0 Å². The van der Waals surface area contributed by atoms with Crippen LogP contribution in [0.5, 0.6) is 0 Å². The van der Waals surface area contributed by atoms with E-state index in [0.29, 0.717) is 0 Å². The molecule has 2 atom stereocenters. The number of carboxylic acid groups (broad SMARTS) is 1. The Morgan fingerprint density at radius 2 is 1.81 bits per heavy atom. The van der Waals surface area contributed by atoms with E-state index in [-0.39, 0.29) is 0 Å². The lowest BCUT2D eigenvalue weighted by Gasteiger charge is -2.12. The first-order valence-electron chi connectivity index (χ1n) is 3.66. The van der Waals surface area contributed by atoms with Gasteiger partial charge in [-0.25, -0.2) is 14.2 Å². The molecule has 0 fully saturated rings. The van der Waals surface area contributed by atoms with Crippen LogP contribution in [0.3, 0.4) is 0 Å². The van der Waals surface area contributed by atoms with Crippen molar-refractivity contribution in [3.05, 3.63) is 0 Å². The molecule has 16 heavy (non-hydrogen) atoms. The highest BCUT2D eigenvalue weighted by atomic mass is 31.2. The van der Waals surface area contributed by atoms with E-state index in [9.17, 15) is 18.9 Å². The van der Waals surface area contributed by atoms with Gasteiger partial charge in [-0.1, -0.05) is 0 Å². The van der Waals surface area contributed by atoms with Crippen molar-refractivity contribution in [2.75, 3.05) is 0 Å². The zero-order chi connectivity index (χ0) is 12.9. The molecular formula is C5H9N2O8P. The smallest absolute Gasteiger partial charge is 0.481 e. The van der Waals surface area contributed by atoms with E-state index in [1.165, 1.54) is 0 Å². The summed E-state index contributed by atoms with van der Waals surface area (Å²) in [6.45, 7) is 0. The monoisotopic (exact) mass is 256 g/mol. The van der Waals surface area contributed by atoms with Crippen LogP contribution in [-0.4, -0.2) is 34.1 Å². The fourth-order valence-electron chi connectivity index (χ4n) is 0.585. The number of phosphoric acid groups is 1. The minimum Gasteiger partial charge on any atom is -0.481 e. The van der Waals surface area contributed by atoms with Gasteiger partial charge in [0.15, 0.2) is 0 Å². The normalized spacial score (nSPS) is 15.6. The molecule has 1 unspecified atom stereocenters. The maximum Gasteiger partial charge on any atom is 0.590 e. The van der Waals surface area contributed by atoms with E-state index < -0.39 is 38.3 Å². The molecule has 0 saturated heterocycles. The molecule has 0 aromatic heterocycles. The molecule has 0 radical (unpaired) electrons. The lowest BCUT2D eigenvalue weighted by molar-refractivity contribution is -0.144. The first-order valence-corrected chi connectivity index (χ1v) is 5.16. The number of hydrogen-bond acceptors (Lipinski definition) is 7. The number of hydrogen-bond donors (Lipinski definition) is 4. The largest absolute Gasteiger partial charge is 0.590 e. The molecule has 0 aromatic rings. The predicted molar refractivity (Wildman–Crippen MR) is 46.8 cm³/mol. The Labute approximate surface area is 88.7 Å². The molecule has 0 bridgehead atoms. The quantitative estimate of drug-likeness (QED) is 0.427. The number of carboxylic acids is 1. The summed E-state index contributed by atoms with van der Waals surface area (Å²) in [5.74, 6) is -2.91. The summed E-state index contributed by atoms with van der Waals surface area (Å²) in [4.78, 5) is 39.9. The Morgan fingerprint density at radius 1 is 1.31 bits per heavy atom. The fourth-order valence-corrected chi connectivity index (χ4v) is 1.21. The highest BCUT2D eigenvalue weighted by Crippen LogP contribution is 2.43. The standard InChI is InChI=1S/C5H9N2O8P/c6-2(1-3(8)9)4(10)14-16(12,13)15-5(7)11/h2H,1,6H2,(H2,7,11)(H,8,9)(H,12,13)/t2-/m0/s1. The van der Waals surface area contributed by atoms with Crippen LogP contribution in [0.25, 0.3) is 0 Å². The molecule has 0 rings (SSSR count). The number of carbonyl (C=O) groups excluding carboxylic acids is 2. The van der Waals surface area contributed by atoms with Crippen molar-refractivity contribution in [1.82, 2.24) is 0 Å². The zero-order valence-electron chi connectivity index (χ0n) is 7.73. The Balaban J connectivity index is 4.38. The first kappa shape index (κ1) is 14.4. The van der Waals surface area contributed by atoms with Gasteiger partial charge in [-0.2, -0.15) is 0 Å². The second-order valence-electron chi connectivity index (χ2n) is 2.49. The van der Waals surface area contributed by atoms with E-state index >= 15 is 0 Å². The summed E-state index contributed by atoms with van der Waals surface area (Å²) < 4.78 is 18.2. The van der Waals surface area contributed by atoms with Gasteiger partial charge in [0.25, 0.3) is 0 Å². The molecular weight excluding hydrogens is 247 g/mol. The molecule has 0 aliphatic rings. The van der Waals surface area contributed by atoms with Crippen LogP contribution in [0.1, 0.15) is 6.42 Å². The second-order valence-corrected chi connectivity index (χ2v) is 3.80. The Kier molecular flexibility index (Phi) is 4.89. The zero-order valence-corrected chi connectivity index (χ0v) is 8.62. The Hall–Kier alpha value is -1.64. The van der Waals surface area contributed by atoms with Gasteiger partial charge >= 0.3 is 25.9 Å². The number of carbonyl (C=O) groups is 3. The highest BCUT2D eigenvalue weighted by Gasteiger charge is 2.32. The number of primary amides is 1. The van der Waals surface area contributed by atoms with Gasteiger partial charge in [-0.15, -0.1) is 0 Å². The van der Waals surface area contributed by atoms with Gasteiger partial charge in [0, 0.05) is 0 Å². The molecule has 0 aliphatic heterocycles. The van der Waals surface area contributed by atoms with Gasteiger partial charge in [-0.3, -0.25) is 9.69 Å². The molecule has 0 saturated carbocycles. The third kappa shape index (κ3) is 5.96. The summed E-state index contributed by atoms with van der Waals surface area (Å²) in [6.07, 6.45) is -2.44. The average molecular weight is 256 g/mol. The second kappa shape index (κ2) is 5.45.